The summed E-state index contributed by atoms with van der Waals surface area (Å²) in [5.41, 5.74) is 6.87. The monoisotopic (exact) mass is 255 g/mol. The first-order valence-electron chi connectivity index (χ1n) is 5.97. The predicted molar refractivity (Wildman–Crippen MR) is 69.2 cm³/mol. The van der Waals surface area contributed by atoms with Crippen molar-refractivity contribution in [2.45, 2.75) is 5.92 Å². The van der Waals surface area contributed by atoms with Crippen molar-refractivity contribution in [3.8, 4) is 11.6 Å². The summed E-state index contributed by atoms with van der Waals surface area (Å²) in [6.45, 7) is 0.407. The average Bonchev–Trinajstić information content (AvgIpc) is 3.11. The van der Waals surface area contributed by atoms with E-state index in [-0.39, 0.29) is 5.92 Å². The maximum absolute atomic E-state index is 5.81. The van der Waals surface area contributed by atoms with Crippen LogP contribution in [0.1, 0.15) is 17.4 Å². The summed E-state index contributed by atoms with van der Waals surface area (Å²) in [6, 6.07) is 9.87. The number of aromatic amines is 1. The normalized spacial score (nSPS) is 12.5. The molecule has 0 amide bonds. The highest BCUT2D eigenvalue weighted by Gasteiger charge is 2.20. The van der Waals surface area contributed by atoms with Gasteiger partial charge in [0.15, 0.2) is 5.82 Å². The first-order chi connectivity index (χ1) is 9.38. The molecule has 3 aromatic rings. The maximum Gasteiger partial charge on any atom is 0.238 e. The Morgan fingerprint density at radius 3 is 2.79 bits per heavy atom. The fourth-order valence-corrected chi connectivity index (χ4v) is 1.93. The molecular weight excluding hydrogens is 242 g/mol. The molecule has 0 fully saturated rings. The van der Waals surface area contributed by atoms with Crippen molar-refractivity contribution in [3.05, 3.63) is 54.2 Å². The minimum Gasteiger partial charge on any atom is -0.342 e. The third-order valence-electron chi connectivity index (χ3n) is 2.89. The van der Waals surface area contributed by atoms with Gasteiger partial charge < -0.3 is 15.2 Å². The number of rotatable bonds is 4. The van der Waals surface area contributed by atoms with Gasteiger partial charge in [-0.2, -0.15) is 4.98 Å². The fraction of sp³-hybridized carbons (Fsp3) is 0.154. The van der Waals surface area contributed by atoms with Gasteiger partial charge in [0.1, 0.15) is 0 Å². The number of nitrogens with zero attached hydrogens (tertiary/aromatic N) is 3. The predicted octanol–water partition coefficient (Wildman–Crippen LogP) is 1.55. The Morgan fingerprint density at radius 2 is 2.11 bits per heavy atom. The van der Waals surface area contributed by atoms with E-state index in [1.165, 1.54) is 0 Å². The van der Waals surface area contributed by atoms with E-state index in [9.17, 15) is 0 Å². The topological polar surface area (TPSA) is 93.6 Å². The van der Waals surface area contributed by atoms with E-state index < -0.39 is 0 Å². The zero-order chi connectivity index (χ0) is 13.1. The maximum atomic E-state index is 5.81. The van der Waals surface area contributed by atoms with Crippen LogP contribution in [-0.4, -0.2) is 26.7 Å². The Labute approximate surface area is 109 Å². The van der Waals surface area contributed by atoms with Gasteiger partial charge in [0, 0.05) is 18.9 Å². The van der Waals surface area contributed by atoms with Crippen LogP contribution in [0, 0.1) is 0 Å². The largest absolute Gasteiger partial charge is 0.342 e. The Bertz CT molecular complexity index is 632. The van der Waals surface area contributed by atoms with Crippen molar-refractivity contribution < 1.29 is 4.52 Å². The molecule has 0 saturated heterocycles. The molecule has 19 heavy (non-hydrogen) atoms. The van der Waals surface area contributed by atoms with Gasteiger partial charge in [0.05, 0.1) is 5.92 Å². The van der Waals surface area contributed by atoms with Gasteiger partial charge in [-0.25, -0.2) is 4.98 Å². The molecule has 2 aromatic heterocycles. The van der Waals surface area contributed by atoms with Crippen LogP contribution in [0.25, 0.3) is 11.6 Å². The Balaban J connectivity index is 1.93. The van der Waals surface area contributed by atoms with Crippen LogP contribution in [-0.2, 0) is 0 Å². The van der Waals surface area contributed by atoms with Crippen molar-refractivity contribution in [1.82, 2.24) is 20.1 Å². The van der Waals surface area contributed by atoms with E-state index in [1.54, 1.807) is 12.4 Å². The Kier molecular flexibility index (Phi) is 3.07. The molecule has 2 heterocycles. The van der Waals surface area contributed by atoms with Crippen LogP contribution in [0.15, 0.2) is 47.2 Å². The third-order valence-corrected chi connectivity index (χ3v) is 2.89. The lowest BCUT2D eigenvalue weighted by Gasteiger charge is -2.09. The molecule has 3 N–H and O–H groups in total. The summed E-state index contributed by atoms with van der Waals surface area (Å²) < 4.78 is 5.29. The summed E-state index contributed by atoms with van der Waals surface area (Å²) in [5, 5.41) is 3.92. The molecule has 0 aliphatic rings. The van der Waals surface area contributed by atoms with Crippen LogP contribution in [0.5, 0.6) is 0 Å². The molecule has 0 radical (unpaired) electrons. The van der Waals surface area contributed by atoms with Crippen molar-refractivity contribution >= 4 is 0 Å². The number of imidazole rings is 1. The lowest BCUT2D eigenvalue weighted by molar-refractivity contribution is 0.367. The van der Waals surface area contributed by atoms with E-state index >= 15 is 0 Å². The first-order valence-corrected chi connectivity index (χ1v) is 5.97. The smallest absolute Gasteiger partial charge is 0.238 e. The van der Waals surface area contributed by atoms with Crippen LogP contribution >= 0.6 is 0 Å². The number of hydrogen-bond donors (Lipinski definition) is 2. The Hall–Kier alpha value is -2.47. The van der Waals surface area contributed by atoms with Crippen molar-refractivity contribution in [2.75, 3.05) is 6.54 Å². The van der Waals surface area contributed by atoms with Gasteiger partial charge in [-0.1, -0.05) is 35.5 Å². The quantitative estimate of drug-likeness (QED) is 0.737. The molecule has 1 unspecified atom stereocenters. The van der Waals surface area contributed by atoms with Gasteiger partial charge in [0.25, 0.3) is 0 Å². The molecule has 0 saturated carbocycles. The SMILES string of the molecule is NCC(c1ccccc1)c1nc(-c2ncc[nH]2)no1. The highest BCUT2D eigenvalue weighted by atomic mass is 16.5. The highest BCUT2D eigenvalue weighted by Crippen LogP contribution is 2.23. The summed E-state index contributed by atoms with van der Waals surface area (Å²) in [6.07, 6.45) is 3.35. The van der Waals surface area contributed by atoms with Crippen LogP contribution in [0.2, 0.25) is 0 Å². The number of benzene rings is 1. The second kappa shape index (κ2) is 5.03. The highest BCUT2D eigenvalue weighted by molar-refractivity contribution is 5.41. The third kappa shape index (κ3) is 2.25. The van der Waals surface area contributed by atoms with E-state index in [0.29, 0.717) is 24.1 Å². The summed E-state index contributed by atoms with van der Waals surface area (Å²) in [5.74, 6) is 1.42. The van der Waals surface area contributed by atoms with Crippen LogP contribution in [0.3, 0.4) is 0 Å². The molecule has 6 heteroatoms. The zero-order valence-electron chi connectivity index (χ0n) is 10.2. The van der Waals surface area contributed by atoms with Crippen molar-refractivity contribution in [1.29, 1.82) is 0 Å². The van der Waals surface area contributed by atoms with Crippen molar-refractivity contribution in [2.24, 2.45) is 5.73 Å². The molecule has 1 aromatic carbocycles. The molecular formula is C13H13N5O. The van der Waals surface area contributed by atoms with Gasteiger partial charge in [-0.3, -0.25) is 0 Å². The summed E-state index contributed by atoms with van der Waals surface area (Å²) in [4.78, 5) is 11.4. The van der Waals surface area contributed by atoms with Crippen LogP contribution in [0.4, 0.5) is 0 Å². The lowest BCUT2D eigenvalue weighted by Crippen LogP contribution is -2.14. The van der Waals surface area contributed by atoms with Crippen LogP contribution < -0.4 is 5.73 Å². The van der Waals surface area contributed by atoms with E-state index in [0.717, 1.165) is 5.56 Å². The number of hydrogen-bond acceptors (Lipinski definition) is 5. The zero-order valence-corrected chi connectivity index (χ0v) is 10.2. The van der Waals surface area contributed by atoms with Gasteiger partial charge in [-0.15, -0.1) is 0 Å². The van der Waals surface area contributed by atoms with E-state index in [2.05, 4.69) is 20.1 Å². The second-order valence-corrected chi connectivity index (χ2v) is 4.09. The van der Waals surface area contributed by atoms with Crippen molar-refractivity contribution in [3.63, 3.8) is 0 Å². The Morgan fingerprint density at radius 1 is 1.26 bits per heavy atom. The molecule has 3 rings (SSSR count). The number of H-pyrrole nitrogens is 1. The average molecular weight is 255 g/mol. The van der Waals surface area contributed by atoms with Gasteiger partial charge in [0.2, 0.25) is 11.7 Å². The van der Waals surface area contributed by atoms with Gasteiger partial charge >= 0.3 is 0 Å². The van der Waals surface area contributed by atoms with E-state index in [4.69, 9.17) is 10.3 Å². The molecule has 96 valence electrons. The van der Waals surface area contributed by atoms with E-state index in [1.807, 2.05) is 30.3 Å². The van der Waals surface area contributed by atoms with Gasteiger partial charge in [-0.05, 0) is 5.56 Å². The first kappa shape index (κ1) is 11.6. The minimum atomic E-state index is -0.0996. The molecule has 1 atom stereocenters. The second-order valence-electron chi connectivity index (χ2n) is 4.09. The summed E-state index contributed by atoms with van der Waals surface area (Å²) >= 11 is 0. The summed E-state index contributed by atoms with van der Waals surface area (Å²) in [7, 11) is 0. The minimum absolute atomic E-state index is 0.0996. The standard InChI is InChI=1S/C13H13N5O/c14-8-10(9-4-2-1-3-5-9)13-17-12(18-19-13)11-15-6-7-16-11/h1-7,10H,8,14H2,(H,15,16). The molecule has 0 bridgehead atoms. The molecule has 6 nitrogen and oxygen atoms in total. The number of nitrogens with one attached hydrogen (secondary N) is 1. The lowest BCUT2D eigenvalue weighted by atomic mass is 9.99. The number of nitrogens with two attached hydrogens (primary N) is 1. The number of aromatic nitrogens is 4. The molecule has 0 aliphatic carbocycles. The molecule has 0 aliphatic heterocycles. The fourth-order valence-electron chi connectivity index (χ4n) is 1.93. The molecule has 0 spiro atoms.